The second kappa shape index (κ2) is 7.60. The van der Waals surface area contributed by atoms with Crippen LogP contribution in [0, 0.1) is 40.4 Å². The van der Waals surface area contributed by atoms with Gasteiger partial charge in [0.05, 0.1) is 6.07 Å². The molecular formula is C24H36N2O3. The highest BCUT2D eigenvalue weighted by molar-refractivity contribution is 5.78. The van der Waals surface area contributed by atoms with Gasteiger partial charge < -0.3 is 9.64 Å². The van der Waals surface area contributed by atoms with Gasteiger partial charge in [0.25, 0.3) is 0 Å². The molecule has 0 N–H and O–H groups in total. The number of likely N-dealkylation sites (tertiary alicyclic amines) is 1. The van der Waals surface area contributed by atoms with E-state index in [0.717, 1.165) is 44.9 Å². The molecule has 5 atom stereocenters. The topological polar surface area (TPSA) is 70.4 Å². The van der Waals surface area contributed by atoms with Crippen LogP contribution in [-0.4, -0.2) is 35.0 Å². The van der Waals surface area contributed by atoms with Crippen LogP contribution in [0.4, 0.5) is 0 Å². The highest BCUT2D eigenvalue weighted by atomic mass is 16.6. The quantitative estimate of drug-likeness (QED) is 0.617. The molecule has 0 aromatic carbocycles. The average molecular weight is 401 g/mol. The second-order valence-electron chi connectivity index (χ2n) is 11.0. The molecule has 5 aliphatic rings. The Morgan fingerprint density at radius 1 is 1.21 bits per heavy atom. The van der Waals surface area contributed by atoms with Gasteiger partial charge in [-0.2, -0.15) is 5.26 Å². The van der Waals surface area contributed by atoms with E-state index >= 15 is 0 Å². The highest BCUT2D eigenvalue weighted by Gasteiger charge is 2.60. The Bertz CT molecular complexity index is 697. The summed E-state index contributed by atoms with van der Waals surface area (Å²) in [4.78, 5) is 27.7. The summed E-state index contributed by atoms with van der Waals surface area (Å²) >= 11 is 0. The first-order valence-electron chi connectivity index (χ1n) is 11.7. The number of nitriles is 1. The summed E-state index contributed by atoms with van der Waals surface area (Å²) in [6.45, 7) is 7.03. The fourth-order valence-electron chi connectivity index (χ4n) is 7.27. The van der Waals surface area contributed by atoms with Crippen molar-refractivity contribution in [2.24, 2.45) is 29.1 Å². The van der Waals surface area contributed by atoms with E-state index in [1.165, 1.54) is 6.42 Å². The Kier molecular flexibility index (Phi) is 5.42. The van der Waals surface area contributed by atoms with Crippen LogP contribution < -0.4 is 0 Å². The largest absolute Gasteiger partial charge is 0.459 e. The minimum Gasteiger partial charge on any atom is -0.459 e. The number of esters is 1. The van der Waals surface area contributed by atoms with Crippen molar-refractivity contribution in [2.45, 2.75) is 96.6 Å². The van der Waals surface area contributed by atoms with E-state index in [2.05, 4.69) is 26.8 Å². The molecule has 4 saturated carbocycles. The van der Waals surface area contributed by atoms with Crippen molar-refractivity contribution in [3.63, 3.8) is 0 Å². The number of hydrogen-bond acceptors (Lipinski definition) is 4. The van der Waals surface area contributed by atoms with Crippen molar-refractivity contribution >= 4 is 11.9 Å². The van der Waals surface area contributed by atoms with E-state index in [0.29, 0.717) is 43.1 Å². The van der Waals surface area contributed by atoms with Gasteiger partial charge in [-0.25, -0.2) is 0 Å². The molecule has 1 heterocycles. The van der Waals surface area contributed by atoms with Gasteiger partial charge >= 0.3 is 5.97 Å². The van der Waals surface area contributed by atoms with Gasteiger partial charge in [0.15, 0.2) is 0 Å². The molecule has 1 amide bonds. The fraction of sp³-hybridized carbons (Fsp3) is 0.875. The fourth-order valence-corrected chi connectivity index (χ4v) is 7.27. The van der Waals surface area contributed by atoms with Crippen molar-refractivity contribution in [3.05, 3.63) is 0 Å². The van der Waals surface area contributed by atoms with Crippen LogP contribution in [0.3, 0.4) is 0 Å². The molecule has 0 spiro atoms. The molecule has 4 aliphatic carbocycles. The predicted molar refractivity (Wildman–Crippen MR) is 110 cm³/mol. The maximum Gasteiger partial charge on any atom is 0.306 e. The van der Waals surface area contributed by atoms with Gasteiger partial charge in [0.1, 0.15) is 11.6 Å². The molecule has 1 saturated heterocycles. The SMILES string of the molecule is CCC(C)CC(=O)OC12CC3CC(CC(CC(=O)N4CC(C)CC4C#N)(C3)C1)C2. The van der Waals surface area contributed by atoms with Crippen molar-refractivity contribution in [1.29, 1.82) is 5.26 Å². The molecule has 1 aliphatic heterocycles. The lowest BCUT2D eigenvalue weighted by molar-refractivity contribution is -0.204. The van der Waals surface area contributed by atoms with Crippen molar-refractivity contribution in [3.8, 4) is 6.07 Å². The zero-order valence-corrected chi connectivity index (χ0v) is 18.3. The standard InChI is InChI=1S/C24H36N2O3/c1-4-16(2)6-22(28)29-24-10-18-7-19(11-24)9-23(8-18,15-24)12-21(27)26-14-17(3)5-20(26)13-25/h16-20H,4-12,14-15H2,1-3H3. The molecule has 5 rings (SSSR count). The maximum absolute atomic E-state index is 13.2. The number of amides is 1. The van der Waals surface area contributed by atoms with E-state index in [1.54, 1.807) is 0 Å². The zero-order valence-electron chi connectivity index (χ0n) is 18.3. The summed E-state index contributed by atoms with van der Waals surface area (Å²) in [5, 5.41) is 9.46. The molecule has 0 aromatic rings. The minimum atomic E-state index is -0.345. The Labute approximate surface area is 175 Å². The van der Waals surface area contributed by atoms with Crippen LogP contribution in [0.2, 0.25) is 0 Å². The van der Waals surface area contributed by atoms with Gasteiger partial charge in [-0.3, -0.25) is 9.59 Å². The Morgan fingerprint density at radius 3 is 2.52 bits per heavy atom. The Balaban J connectivity index is 1.47. The number of carbonyl (C=O) groups is 2. The smallest absolute Gasteiger partial charge is 0.306 e. The molecule has 4 bridgehead atoms. The molecule has 5 heteroatoms. The monoisotopic (exact) mass is 400 g/mol. The maximum atomic E-state index is 13.2. The molecule has 0 aromatic heterocycles. The molecule has 160 valence electrons. The first kappa shape index (κ1) is 20.7. The average Bonchev–Trinajstić information content (AvgIpc) is 3.00. The predicted octanol–water partition coefficient (Wildman–Crippen LogP) is 4.46. The lowest BCUT2D eigenvalue weighted by Crippen LogP contribution is -2.58. The van der Waals surface area contributed by atoms with E-state index in [1.807, 2.05) is 4.90 Å². The zero-order chi connectivity index (χ0) is 20.8. The summed E-state index contributed by atoms with van der Waals surface area (Å²) in [7, 11) is 0. The van der Waals surface area contributed by atoms with Crippen molar-refractivity contribution in [2.75, 3.05) is 6.54 Å². The third kappa shape index (κ3) is 4.05. The number of hydrogen-bond donors (Lipinski definition) is 0. The van der Waals surface area contributed by atoms with Gasteiger partial charge in [0, 0.05) is 19.4 Å². The molecule has 5 unspecified atom stereocenters. The lowest BCUT2D eigenvalue weighted by atomic mass is 9.47. The van der Waals surface area contributed by atoms with E-state index in [9.17, 15) is 14.9 Å². The van der Waals surface area contributed by atoms with Gasteiger partial charge in [-0.05, 0) is 74.0 Å². The first-order valence-corrected chi connectivity index (χ1v) is 11.7. The lowest BCUT2D eigenvalue weighted by Gasteiger charge is -2.61. The van der Waals surface area contributed by atoms with Gasteiger partial charge in [-0.1, -0.05) is 27.2 Å². The highest BCUT2D eigenvalue weighted by Crippen LogP contribution is 2.64. The number of nitrogens with zero attached hydrogens (tertiary/aromatic N) is 2. The van der Waals surface area contributed by atoms with Crippen LogP contribution in [0.1, 0.15) is 85.0 Å². The van der Waals surface area contributed by atoms with Crippen LogP contribution >= 0.6 is 0 Å². The van der Waals surface area contributed by atoms with Crippen LogP contribution in [0.5, 0.6) is 0 Å². The first-order chi connectivity index (χ1) is 13.8. The van der Waals surface area contributed by atoms with E-state index in [-0.39, 0.29) is 28.9 Å². The van der Waals surface area contributed by atoms with Crippen LogP contribution in [0.15, 0.2) is 0 Å². The molecule has 5 nitrogen and oxygen atoms in total. The third-order valence-electron chi connectivity index (χ3n) is 8.18. The summed E-state index contributed by atoms with van der Waals surface area (Å²) in [5.41, 5.74) is -0.383. The summed E-state index contributed by atoms with van der Waals surface area (Å²) in [6, 6.07) is 2.06. The van der Waals surface area contributed by atoms with Crippen LogP contribution in [0.25, 0.3) is 0 Å². The van der Waals surface area contributed by atoms with Crippen LogP contribution in [-0.2, 0) is 14.3 Å². The Morgan fingerprint density at radius 2 is 1.90 bits per heavy atom. The van der Waals surface area contributed by atoms with Gasteiger partial charge in [-0.15, -0.1) is 0 Å². The number of rotatable bonds is 6. The summed E-state index contributed by atoms with van der Waals surface area (Å²) in [6.07, 6.45) is 8.98. The molecular weight excluding hydrogens is 364 g/mol. The second-order valence-corrected chi connectivity index (χ2v) is 11.0. The molecule has 5 fully saturated rings. The summed E-state index contributed by atoms with van der Waals surface area (Å²) < 4.78 is 6.20. The minimum absolute atomic E-state index is 0.0380. The molecule has 29 heavy (non-hydrogen) atoms. The van der Waals surface area contributed by atoms with Gasteiger partial charge in [0.2, 0.25) is 5.91 Å². The molecule has 0 radical (unpaired) electrons. The van der Waals surface area contributed by atoms with E-state index in [4.69, 9.17) is 4.74 Å². The summed E-state index contributed by atoms with van der Waals surface area (Å²) in [5.74, 6) is 1.99. The Hall–Kier alpha value is -1.57. The van der Waals surface area contributed by atoms with E-state index < -0.39 is 0 Å². The number of ether oxygens (including phenoxy) is 1. The third-order valence-corrected chi connectivity index (χ3v) is 8.18. The normalized spacial score (nSPS) is 41.2. The number of carbonyl (C=O) groups excluding carboxylic acids is 2. The van der Waals surface area contributed by atoms with Crippen molar-refractivity contribution in [1.82, 2.24) is 4.90 Å². The van der Waals surface area contributed by atoms with Crippen molar-refractivity contribution < 1.29 is 14.3 Å².